The van der Waals surface area contributed by atoms with Gasteiger partial charge in [0.25, 0.3) is 11.8 Å². The molecule has 3 amide bonds. The van der Waals surface area contributed by atoms with Gasteiger partial charge in [-0.25, -0.2) is 4.79 Å². The third-order valence-corrected chi connectivity index (χ3v) is 9.21. The Labute approximate surface area is 234 Å². The van der Waals surface area contributed by atoms with E-state index < -0.39 is 30.1 Å². The fourth-order valence-electron chi connectivity index (χ4n) is 7.23. The van der Waals surface area contributed by atoms with E-state index in [-0.39, 0.29) is 19.1 Å². The summed E-state index contributed by atoms with van der Waals surface area (Å²) in [6, 6.07) is 15.5. The van der Waals surface area contributed by atoms with Crippen molar-refractivity contribution in [3.05, 3.63) is 59.7 Å². The van der Waals surface area contributed by atoms with Crippen molar-refractivity contribution in [2.24, 2.45) is 0 Å². The summed E-state index contributed by atoms with van der Waals surface area (Å²) < 4.78 is 10.1. The van der Waals surface area contributed by atoms with E-state index in [1.165, 1.54) is 0 Å². The number of imide groups is 1. The van der Waals surface area contributed by atoms with E-state index in [0.717, 1.165) is 52.3 Å². The van der Waals surface area contributed by atoms with E-state index >= 15 is 0 Å². The number of amides is 3. The van der Waals surface area contributed by atoms with Crippen molar-refractivity contribution in [1.82, 2.24) is 24.3 Å². The zero-order valence-corrected chi connectivity index (χ0v) is 22.8. The maximum absolute atomic E-state index is 13.4. The second kappa shape index (κ2) is 8.55. The highest BCUT2D eigenvalue weighted by Crippen LogP contribution is 2.45. The van der Waals surface area contributed by atoms with E-state index in [2.05, 4.69) is 10.2 Å². The van der Waals surface area contributed by atoms with Crippen molar-refractivity contribution in [1.29, 1.82) is 0 Å². The van der Waals surface area contributed by atoms with Gasteiger partial charge in [0.2, 0.25) is 0 Å². The number of carbonyl (C=O) groups excluding carboxylic acids is 3. The van der Waals surface area contributed by atoms with Crippen LogP contribution in [0.3, 0.4) is 0 Å². The topological polar surface area (TPSA) is 109 Å². The lowest BCUT2D eigenvalue weighted by atomic mass is 9.96. The number of nitrogens with one attached hydrogen (secondary N) is 1. The predicted octanol–water partition coefficient (Wildman–Crippen LogP) is 3.30. The van der Waals surface area contributed by atoms with Crippen molar-refractivity contribution < 1.29 is 24.2 Å². The molecule has 3 aliphatic rings. The molecule has 3 unspecified atom stereocenters. The number of nitrogens with zero attached hydrogens (tertiary/aromatic N) is 4. The molecule has 1 saturated heterocycles. The van der Waals surface area contributed by atoms with Crippen molar-refractivity contribution in [2.45, 2.75) is 37.8 Å². The molecule has 1 fully saturated rings. The quantitative estimate of drug-likeness (QED) is 0.326. The number of carbonyl (C=O) groups is 3. The van der Waals surface area contributed by atoms with Crippen molar-refractivity contribution in [2.75, 3.05) is 27.2 Å². The lowest BCUT2D eigenvalue weighted by Crippen LogP contribution is -2.45. The summed E-state index contributed by atoms with van der Waals surface area (Å²) in [5, 5.41) is 17.2. The van der Waals surface area contributed by atoms with Gasteiger partial charge in [-0.3, -0.25) is 14.9 Å². The first-order valence-electron chi connectivity index (χ1n) is 14.0. The summed E-state index contributed by atoms with van der Waals surface area (Å²) in [7, 11) is 3.78. The van der Waals surface area contributed by atoms with Gasteiger partial charge in [-0.1, -0.05) is 36.4 Å². The normalized spacial score (nSPS) is 22.6. The molecule has 0 saturated carbocycles. The molecule has 10 heteroatoms. The molecule has 2 aromatic heterocycles. The Morgan fingerprint density at radius 2 is 1.46 bits per heavy atom. The minimum absolute atomic E-state index is 0.0460. The van der Waals surface area contributed by atoms with Crippen LogP contribution in [0, 0.1) is 0 Å². The molecular weight excluding hydrogens is 522 g/mol. The maximum atomic E-state index is 13.4. The molecule has 0 aliphatic carbocycles. The van der Waals surface area contributed by atoms with Crippen molar-refractivity contribution in [3.8, 4) is 0 Å². The molecule has 3 aromatic carbocycles. The molecule has 0 bridgehead atoms. The average molecular weight is 552 g/mol. The summed E-state index contributed by atoms with van der Waals surface area (Å²) in [4.78, 5) is 43.8. The second-order valence-electron chi connectivity index (χ2n) is 11.5. The van der Waals surface area contributed by atoms with Crippen LogP contribution >= 0.6 is 0 Å². The zero-order valence-electron chi connectivity index (χ0n) is 22.8. The van der Waals surface area contributed by atoms with Gasteiger partial charge in [-0.15, -0.1) is 0 Å². The van der Waals surface area contributed by atoms with Crippen LogP contribution < -0.4 is 5.32 Å². The van der Waals surface area contributed by atoms with E-state index in [4.69, 9.17) is 4.74 Å². The molecule has 8 rings (SSSR count). The molecule has 0 radical (unpaired) electrons. The van der Waals surface area contributed by atoms with E-state index in [1.807, 2.05) is 64.7 Å². The number of ether oxygens (including phenoxy) is 1. The third kappa shape index (κ3) is 3.28. The van der Waals surface area contributed by atoms with Crippen LogP contribution in [0.5, 0.6) is 0 Å². The molecule has 2 N–H and O–H groups in total. The molecule has 3 aliphatic heterocycles. The lowest BCUT2D eigenvalue weighted by molar-refractivity contribution is -0.0258. The van der Waals surface area contributed by atoms with Crippen LogP contribution in [-0.2, 0) is 17.8 Å². The van der Waals surface area contributed by atoms with Crippen LogP contribution in [0.4, 0.5) is 4.79 Å². The predicted molar refractivity (Wildman–Crippen MR) is 154 cm³/mol. The molecule has 5 aromatic rings. The second-order valence-corrected chi connectivity index (χ2v) is 11.5. The monoisotopic (exact) mass is 551 g/mol. The first-order chi connectivity index (χ1) is 19.8. The molecule has 10 nitrogen and oxygen atoms in total. The van der Waals surface area contributed by atoms with Gasteiger partial charge in [0.1, 0.15) is 12.2 Å². The van der Waals surface area contributed by atoms with Crippen LogP contribution in [0.25, 0.3) is 43.6 Å². The highest BCUT2D eigenvalue weighted by atomic mass is 16.6. The Kier molecular flexibility index (Phi) is 5.08. The van der Waals surface area contributed by atoms with Crippen LogP contribution in [-0.4, -0.2) is 87.4 Å². The summed E-state index contributed by atoms with van der Waals surface area (Å²) >= 11 is 0. The van der Waals surface area contributed by atoms with Crippen molar-refractivity contribution in [3.63, 3.8) is 0 Å². The number of aromatic nitrogens is 2. The number of likely N-dealkylation sites (tertiary alicyclic amines) is 1. The SMILES string of the molecule is CN1CCC(N(C)C(=O)OC2Cn3c4ccccc4c4c5c(c6c7ccccc7n(c6c43)CC2O)C(=O)NC5=O)C1. The fourth-order valence-corrected chi connectivity index (χ4v) is 7.23. The van der Waals surface area contributed by atoms with Gasteiger partial charge in [0.15, 0.2) is 0 Å². The largest absolute Gasteiger partial charge is 0.441 e. The number of likely N-dealkylation sites (N-methyl/N-ethyl adjacent to an activating group) is 2. The third-order valence-electron chi connectivity index (χ3n) is 9.21. The number of rotatable bonds is 2. The number of aliphatic hydroxyl groups excluding tert-OH is 1. The Hall–Kier alpha value is -4.41. The fraction of sp³-hybridized carbons (Fsp3) is 0.323. The highest BCUT2D eigenvalue weighted by Gasteiger charge is 2.39. The van der Waals surface area contributed by atoms with Gasteiger partial charge in [0, 0.05) is 52.2 Å². The molecule has 0 spiro atoms. The van der Waals surface area contributed by atoms with Crippen LogP contribution in [0.15, 0.2) is 48.5 Å². The average Bonchev–Trinajstić information content (AvgIpc) is 3.69. The number of hydrogen-bond acceptors (Lipinski definition) is 6. The lowest BCUT2D eigenvalue weighted by Gasteiger charge is -2.31. The first kappa shape index (κ1) is 24.4. The summed E-state index contributed by atoms with van der Waals surface area (Å²) in [5.74, 6) is -0.832. The first-order valence-corrected chi connectivity index (χ1v) is 14.0. The van der Waals surface area contributed by atoms with E-state index in [1.54, 1.807) is 11.9 Å². The Balaban J connectivity index is 1.39. The molecule has 3 atom stereocenters. The standard InChI is InChI=1S/C31H29N5O5/c1-33-12-11-16(13-33)34(2)31(40)41-22-15-36-20-10-6-4-8-18(20)24-26-25(29(38)32-30(26)39)23-17-7-3-5-9-19(17)35(14-21(22)37)27(23)28(24)36/h3-10,16,21-22,37H,11-15H2,1-2H3,(H,32,38,39). The molecule has 208 valence electrons. The van der Waals surface area contributed by atoms with Gasteiger partial charge in [-0.2, -0.15) is 0 Å². The van der Waals surface area contributed by atoms with Gasteiger partial charge >= 0.3 is 6.09 Å². The summed E-state index contributed by atoms with van der Waals surface area (Å²) in [6.45, 7) is 2.03. The number of hydrogen-bond donors (Lipinski definition) is 2. The van der Waals surface area contributed by atoms with Gasteiger partial charge < -0.3 is 28.8 Å². The molecule has 41 heavy (non-hydrogen) atoms. The number of aliphatic hydroxyl groups is 1. The Bertz CT molecular complexity index is 1970. The Morgan fingerprint density at radius 1 is 0.902 bits per heavy atom. The van der Waals surface area contributed by atoms with Gasteiger partial charge in [-0.05, 0) is 32.1 Å². The van der Waals surface area contributed by atoms with E-state index in [9.17, 15) is 19.5 Å². The van der Waals surface area contributed by atoms with Gasteiger partial charge in [0.05, 0.1) is 35.2 Å². The van der Waals surface area contributed by atoms with E-state index in [0.29, 0.717) is 21.9 Å². The number of benzene rings is 3. The summed E-state index contributed by atoms with van der Waals surface area (Å²) in [5.41, 5.74) is 3.99. The van der Waals surface area contributed by atoms with Crippen LogP contribution in [0.2, 0.25) is 0 Å². The molecular formula is C31H29N5O5. The molecule has 5 heterocycles. The smallest absolute Gasteiger partial charge is 0.410 e. The Morgan fingerprint density at radius 3 is 2.02 bits per heavy atom. The maximum Gasteiger partial charge on any atom is 0.410 e. The van der Waals surface area contributed by atoms with Crippen molar-refractivity contribution >= 4 is 61.5 Å². The number of fused-ring (bicyclic) bond motifs is 9. The summed E-state index contributed by atoms with van der Waals surface area (Å²) in [6.07, 6.45) is -1.48. The van der Waals surface area contributed by atoms with Crippen LogP contribution in [0.1, 0.15) is 27.1 Å². The highest BCUT2D eigenvalue weighted by molar-refractivity contribution is 6.39. The minimum Gasteiger partial charge on any atom is -0.441 e. The zero-order chi connectivity index (χ0) is 28.2. The number of para-hydroxylation sites is 2. The minimum atomic E-state index is -1.02.